The van der Waals surface area contributed by atoms with Crippen molar-refractivity contribution in [1.82, 2.24) is 9.97 Å². The van der Waals surface area contributed by atoms with Crippen LogP contribution in [0.3, 0.4) is 0 Å². The van der Waals surface area contributed by atoms with Crippen molar-refractivity contribution in [2.24, 2.45) is 11.8 Å². The van der Waals surface area contributed by atoms with Gasteiger partial charge in [0.05, 0.1) is 0 Å². The van der Waals surface area contributed by atoms with Gasteiger partial charge in [0.25, 0.3) is 0 Å². The van der Waals surface area contributed by atoms with Crippen molar-refractivity contribution in [1.29, 1.82) is 0 Å². The monoisotopic (exact) mass is 295 g/mol. The van der Waals surface area contributed by atoms with Crippen LogP contribution in [0.5, 0.6) is 0 Å². The van der Waals surface area contributed by atoms with Crippen LogP contribution < -0.4 is 5.32 Å². The molecule has 112 valence electrons. The summed E-state index contributed by atoms with van der Waals surface area (Å²) < 4.78 is 0. The second-order valence-corrected chi connectivity index (χ2v) is 6.31. The summed E-state index contributed by atoms with van der Waals surface area (Å²) in [4.78, 5) is 8.79. The van der Waals surface area contributed by atoms with Gasteiger partial charge in [0.2, 0.25) is 0 Å². The van der Waals surface area contributed by atoms with Crippen molar-refractivity contribution in [3.8, 4) is 0 Å². The molecule has 3 nitrogen and oxygen atoms in total. The molecular weight excluding hydrogens is 270 g/mol. The van der Waals surface area contributed by atoms with E-state index < -0.39 is 0 Å². The Labute approximate surface area is 127 Å². The van der Waals surface area contributed by atoms with Crippen LogP contribution in [0.15, 0.2) is 6.07 Å². The van der Waals surface area contributed by atoms with Crippen LogP contribution >= 0.6 is 11.6 Å². The van der Waals surface area contributed by atoms with Gasteiger partial charge in [-0.2, -0.15) is 0 Å². The highest BCUT2D eigenvalue weighted by Gasteiger charge is 2.19. The molecule has 0 aliphatic heterocycles. The first-order valence-electron chi connectivity index (χ1n) is 7.98. The molecule has 0 unspecified atom stereocenters. The number of nitrogens with zero attached hydrogens (tertiary/aromatic N) is 2. The Morgan fingerprint density at radius 3 is 2.50 bits per heavy atom. The predicted molar refractivity (Wildman–Crippen MR) is 85.3 cm³/mol. The largest absolute Gasteiger partial charge is 0.370 e. The fraction of sp³-hybridized carbons (Fsp3) is 0.750. The Hall–Kier alpha value is -0.830. The summed E-state index contributed by atoms with van der Waals surface area (Å²) in [6.07, 6.45) is 8.71. The molecule has 2 rings (SSSR count). The Morgan fingerprint density at radius 1 is 1.15 bits per heavy atom. The Kier molecular flexibility index (Phi) is 6.08. The fourth-order valence-corrected chi connectivity index (χ4v) is 3.18. The summed E-state index contributed by atoms with van der Waals surface area (Å²) >= 11 is 6.05. The molecule has 1 aliphatic rings. The standard InChI is InChI=1S/C16H26ClN3/c1-3-5-15-19-14(17)10-16(20-15)18-11-13-8-6-12(4-2)7-9-13/h10,12-13H,3-9,11H2,1-2H3,(H,18,19,20). The average molecular weight is 296 g/mol. The maximum absolute atomic E-state index is 6.05. The minimum Gasteiger partial charge on any atom is -0.370 e. The number of rotatable bonds is 6. The van der Waals surface area contributed by atoms with Gasteiger partial charge >= 0.3 is 0 Å². The molecule has 1 aliphatic carbocycles. The number of anilines is 1. The highest BCUT2D eigenvalue weighted by molar-refractivity contribution is 6.29. The highest BCUT2D eigenvalue weighted by atomic mass is 35.5. The van der Waals surface area contributed by atoms with Crippen LogP contribution in [0.1, 0.15) is 58.2 Å². The van der Waals surface area contributed by atoms with E-state index in [0.29, 0.717) is 5.15 Å². The smallest absolute Gasteiger partial charge is 0.134 e. The van der Waals surface area contributed by atoms with E-state index in [1.54, 1.807) is 0 Å². The molecule has 0 amide bonds. The van der Waals surface area contributed by atoms with Gasteiger partial charge in [-0.15, -0.1) is 0 Å². The zero-order valence-electron chi connectivity index (χ0n) is 12.7. The molecule has 0 radical (unpaired) electrons. The van der Waals surface area contributed by atoms with Gasteiger partial charge < -0.3 is 5.32 Å². The number of aryl methyl sites for hydroxylation is 1. The van der Waals surface area contributed by atoms with Crippen LogP contribution in [-0.2, 0) is 6.42 Å². The number of hydrogen-bond acceptors (Lipinski definition) is 3. The van der Waals surface area contributed by atoms with E-state index in [1.165, 1.54) is 32.1 Å². The maximum Gasteiger partial charge on any atom is 0.134 e. The molecule has 1 aromatic heterocycles. The molecular formula is C16H26ClN3. The SMILES string of the molecule is CCCc1nc(Cl)cc(NCC2CCC(CC)CC2)n1. The number of halogens is 1. The normalized spacial score (nSPS) is 22.8. The topological polar surface area (TPSA) is 37.8 Å². The molecule has 0 spiro atoms. The van der Waals surface area contributed by atoms with Crippen molar-refractivity contribution in [3.63, 3.8) is 0 Å². The predicted octanol–water partition coefficient (Wildman–Crippen LogP) is 4.71. The molecule has 0 bridgehead atoms. The van der Waals surface area contributed by atoms with Crippen molar-refractivity contribution >= 4 is 17.4 Å². The summed E-state index contributed by atoms with van der Waals surface area (Å²) in [5.74, 6) is 3.46. The van der Waals surface area contributed by atoms with Crippen molar-refractivity contribution < 1.29 is 0 Å². The first-order chi connectivity index (χ1) is 9.71. The third-order valence-corrected chi connectivity index (χ3v) is 4.52. The van der Waals surface area contributed by atoms with Gasteiger partial charge in [-0.3, -0.25) is 0 Å². The lowest BCUT2D eigenvalue weighted by Crippen LogP contribution is -2.21. The molecule has 0 aromatic carbocycles. The zero-order valence-corrected chi connectivity index (χ0v) is 13.4. The lowest BCUT2D eigenvalue weighted by molar-refractivity contribution is 0.278. The second kappa shape index (κ2) is 7.82. The van der Waals surface area contributed by atoms with Crippen LogP contribution in [0.25, 0.3) is 0 Å². The zero-order chi connectivity index (χ0) is 14.4. The first kappa shape index (κ1) is 15.6. The molecule has 20 heavy (non-hydrogen) atoms. The quantitative estimate of drug-likeness (QED) is 0.772. The Balaban J connectivity index is 1.84. The van der Waals surface area contributed by atoms with E-state index in [9.17, 15) is 0 Å². The lowest BCUT2D eigenvalue weighted by Gasteiger charge is -2.28. The Bertz CT molecular complexity index is 414. The van der Waals surface area contributed by atoms with E-state index in [0.717, 1.165) is 42.9 Å². The van der Waals surface area contributed by atoms with E-state index >= 15 is 0 Å². The van der Waals surface area contributed by atoms with Gasteiger partial charge in [-0.25, -0.2) is 9.97 Å². The van der Waals surface area contributed by atoms with Crippen molar-refractivity contribution in [2.45, 2.75) is 58.8 Å². The van der Waals surface area contributed by atoms with Gasteiger partial charge in [0.1, 0.15) is 16.8 Å². The highest BCUT2D eigenvalue weighted by Crippen LogP contribution is 2.30. The second-order valence-electron chi connectivity index (χ2n) is 5.92. The van der Waals surface area contributed by atoms with Crippen LogP contribution in [0.4, 0.5) is 5.82 Å². The van der Waals surface area contributed by atoms with Crippen molar-refractivity contribution in [2.75, 3.05) is 11.9 Å². The lowest BCUT2D eigenvalue weighted by atomic mass is 9.81. The first-order valence-corrected chi connectivity index (χ1v) is 8.36. The number of aromatic nitrogens is 2. The molecule has 1 heterocycles. The third kappa shape index (κ3) is 4.62. The van der Waals surface area contributed by atoms with Crippen LogP contribution in [0, 0.1) is 11.8 Å². The van der Waals surface area contributed by atoms with Gasteiger partial charge in [-0.05, 0) is 31.1 Å². The number of nitrogens with one attached hydrogen (secondary N) is 1. The average Bonchev–Trinajstić information content (AvgIpc) is 2.45. The van der Waals surface area contributed by atoms with E-state index in [-0.39, 0.29) is 0 Å². The molecule has 0 saturated heterocycles. The third-order valence-electron chi connectivity index (χ3n) is 4.33. The van der Waals surface area contributed by atoms with Crippen molar-refractivity contribution in [3.05, 3.63) is 17.0 Å². The van der Waals surface area contributed by atoms with Crippen LogP contribution in [-0.4, -0.2) is 16.5 Å². The summed E-state index contributed by atoms with van der Waals surface area (Å²) in [5.41, 5.74) is 0. The van der Waals surface area contributed by atoms with Gasteiger partial charge in [-0.1, -0.05) is 44.7 Å². The molecule has 4 heteroatoms. The van der Waals surface area contributed by atoms with E-state index in [4.69, 9.17) is 11.6 Å². The summed E-state index contributed by atoms with van der Waals surface area (Å²) in [6, 6.07) is 1.83. The van der Waals surface area contributed by atoms with E-state index in [2.05, 4.69) is 29.1 Å². The van der Waals surface area contributed by atoms with Gasteiger partial charge in [0, 0.05) is 19.0 Å². The molecule has 1 saturated carbocycles. The molecule has 1 fully saturated rings. The summed E-state index contributed by atoms with van der Waals surface area (Å²) in [5, 5.41) is 3.99. The fourth-order valence-electron chi connectivity index (χ4n) is 2.98. The van der Waals surface area contributed by atoms with Crippen LogP contribution in [0.2, 0.25) is 5.15 Å². The van der Waals surface area contributed by atoms with E-state index in [1.807, 2.05) is 6.07 Å². The van der Waals surface area contributed by atoms with Gasteiger partial charge in [0.15, 0.2) is 0 Å². The maximum atomic E-state index is 6.05. The molecule has 0 atom stereocenters. The summed E-state index contributed by atoms with van der Waals surface area (Å²) in [7, 11) is 0. The summed E-state index contributed by atoms with van der Waals surface area (Å²) in [6.45, 7) is 5.44. The molecule has 1 aromatic rings. The number of hydrogen-bond donors (Lipinski definition) is 1. The minimum absolute atomic E-state index is 0.542. The Morgan fingerprint density at radius 2 is 1.85 bits per heavy atom. The molecule has 1 N–H and O–H groups in total. The minimum atomic E-state index is 0.542.